The Balaban J connectivity index is 0.000000275. The standard InChI is InChI=1S/C19H13N3O2S.C6H14N2/c23-10-12-3-1-4-13(7-12)17-9-16-18(25-17)19(21-11-20-16)22-14-5-2-6-15(24)8-14;1-7-3-5-8(2)6-4-7/h1-11,24H,(H,20,21,22);3-6H2,1-2H3. The van der Waals surface area contributed by atoms with Crippen LogP contribution in [0.25, 0.3) is 20.7 Å². The molecule has 1 aliphatic heterocycles. The van der Waals surface area contributed by atoms with Crippen LogP contribution in [0.2, 0.25) is 0 Å². The number of aromatic nitrogens is 2. The van der Waals surface area contributed by atoms with Crippen molar-refractivity contribution in [3.8, 4) is 16.2 Å². The Labute approximate surface area is 197 Å². The lowest BCUT2D eigenvalue weighted by atomic mass is 10.1. The topological polar surface area (TPSA) is 81.6 Å². The van der Waals surface area contributed by atoms with Crippen molar-refractivity contribution >= 4 is 39.3 Å². The van der Waals surface area contributed by atoms with Crippen LogP contribution in [0, 0.1) is 0 Å². The minimum atomic E-state index is 0.188. The van der Waals surface area contributed by atoms with Crippen molar-refractivity contribution in [3.63, 3.8) is 0 Å². The second-order valence-electron chi connectivity index (χ2n) is 8.07. The number of aldehydes is 1. The van der Waals surface area contributed by atoms with Gasteiger partial charge in [0.2, 0.25) is 0 Å². The first-order valence-electron chi connectivity index (χ1n) is 10.7. The number of carbonyl (C=O) groups is 1. The zero-order valence-electron chi connectivity index (χ0n) is 18.7. The lowest BCUT2D eigenvalue weighted by Crippen LogP contribution is -2.42. The molecule has 0 bridgehead atoms. The first-order chi connectivity index (χ1) is 16.0. The average molecular weight is 462 g/mol. The number of likely N-dealkylation sites (N-methyl/N-ethyl adjacent to an activating group) is 2. The predicted octanol–water partition coefficient (Wildman–Crippen LogP) is 4.48. The van der Waals surface area contributed by atoms with Gasteiger partial charge in [0.15, 0.2) is 5.82 Å². The zero-order chi connectivity index (χ0) is 23.2. The second-order valence-corrected chi connectivity index (χ2v) is 9.12. The number of thiophene rings is 1. The molecular formula is C25H27N5O2S. The molecule has 2 aromatic heterocycles. The molecule has 2 aromatic carbocycles. The maximum Gasteiger partial charge on any atom is 0.151 e. The van der Waals surface area contributed by atoms with Crippen molar-refractivity contribution in [2.24, 2.45) is 0 Å². The summed E-state index contributed by atoms with van der Waals surface area (Å²) in [4.78, 5) is 25.4. The fraction of sp³-hybridized carbons (Fsp3) is 0.240. The van der Waals surface area contributed by atoms with E-state index in [0.29, 0.717) is 11.4 Å². The van der Waals surface area contributed by atoms with Crippen LogP contribution in [0.3, 0.4) is 0 Å². The largest absolute Gasteiger partial charge is 0.508 e. The predicted molar refractivity (Wildman–Crippen MR) is 135 cm³/mol. The first-order valence-corrected chi connectivity index (χ1v) is 11.6. The average Bonchev–Trinajstić information content (AvgIpc) is 3.27. The van der Waals surface area contributed by atoms with Crippen molar-refractivity contribution in [2.75, 3.05) is 45.6 Å². The van der Waals surface area contributed by atoms with Crippen LogP contribution in [-0.4, -0.2) is 71.4 Å². The summed E-state index contributed by atoms with van der Waals surface area (Å²) in [7, 11) is 4.35. The number of nitrogens with one attached hydrogen (secondary N) is 1. The number of nitrogens with zero attached hydrogens (tertiary/aromatic N) is 4. The lowest BCUT2D eigenvalue weighted by Gasteiger charge is -2.28. The summed E-state index contributed by atoms with van der Waals surface area (Å²) in [6, 6.07) is 16.3. The maximum absolute atomic E-state index is 11.0. The number of hydrogen-bond donors (Lipinski definition) is 2. The molecule has 0 saturated carbocycles. The number of hydrogen-bond acceptors (Lipinski definition) is 8. The lowest BCUT2D eigenvalue weighted by molar-refractivity contribution is 0.112. The third-order valence-corrected chi connectivity index (χ3v) is 6.63. The first kappa shape index (κ1) is 22.8. The second kappa shape index (κ2) is 10.5. The number of fused-ring (bicyclic) bond motifs is 1. The van der Waals surface area contributed by atoms with Crippen LogP contribution in [0.4, 0.5) is 11.5 Å². The van der Waals surface area contributed by atoms with Gasteiger partial charge in [0.1, 0.15) is 18.4 Å². The van der Waals surface area contributed by atoms with Gasteiger partial charge in [-0.05, 0) is 43.9 Å². The van der Waals surface area contributed by atoms with E-state index in [1.54, 1.807) is 35.6 Å². The molecule has 4 aromatic rings. The number of carbonyl (C=O) groups excluding carboxylic acids is 1. The Hall–Kier alpha value is -3.33. The van der Waals surface area contributed by atoms with E-state index in [1.165, 1.54) is 32.5 Å². The Morgan fingerprint density at radius 2 is 1.70 bits per heavy atom. The molecule has 8 heteroatoms. The highest BCUT2D eigenvalue weighted by Crippen LogP contribution is 2.36. The molecule has 0 aliphatic carbocycles. The molecule has 5 rings (SSSR count). The smallest absolute Gasteiger partial charge is 0.151 e. The highest BCUT2D eigenvalue weighted by atomic mass is 32.1. The number of phenolic OH excluding ortho intramolecular Hbond substituents is 1. The molecule has 0 spiro atoms. The quantitative estimate of drug-likeness (QED) is 0.434. The monoisotopic (exact) mass is 461 g/mol. The number of piperazine rings is 1. The molecular weight excluding hydrogens is 434 g/mol. The fourth-order valence-electron chi connectivity index (χ4n) is 3.48. The SMILES string of the molecule is CN1CCN(C)CC1.O=Cc1cccc(-c2cc3ncnc(Nc4cccc(O)c4)c3s2)c1. The summed E-state index contributed by atoms with van der Waals surface area (Å²) in [6.45, 7) is 4.93. The van der Waals surface area contributed by atoms with Gasteiger partial charge in [0.25, 0.3) is 0 Å². The van der Waals surface area contributed by atoms with Crippen LogP contribution in [-0.2, 0) is 0 Å². The van der Waals surface area contributed by atoms with Crippen LogP contribution in [0.1, 0.15) is 10.4 Å². The van der Waals surface area contributed by atoms with Crippen molar-refractivity contribution < 1.29 is 9.90 Å². The molecule has 0 unspecified atom stereocenters. The van der Waals surface area contributed by atoms with Crippen molar-refractivity contribution in [1.82, 2.24) is 19.8 Å². The van der Waals surface area contributed by atoms with E-state index in [1.807, 2.05) is 30.3 Å². The third-order valence-electron chi connectivity index (χ3n) is 5.45. The summed E-state index contributed by atoms with van der Waals surface area (Å²) >= 11 is 1.55. The number of aromatic hydroxyl groups is 1. The molecule has 2 N–H and O–H groups in total. The van der Waals surface area contributed by atoms with E-state index >= 15 is 0 Å². The van der Waals surface area contributed by atoms with Crippen LogP contribution >= 0.6 is 11.3 Å². The number of phenols is 1. The molecule has 0 amide bonds. The number of benzene rings is 2. The van der Waals surface area contributed by atoms with Gasteiger partial charge in [-0.2, -0.15) is 0 Å². The fourth-order valence-corrected chi connectivity index (χ4v) is 4.53. The van der Waals surface area contributed by atoms with Crippen LogP contribution in [0.5, 0.6) is 5.75 Å². The zero-order valence-corrected chi connectivity index (χ0v) is 19.5. The van der Waals surface area contributed by atoms with Gasteiger partial charge in [0.05, 0.1) is 10.2 Å². The van der Waals surface area contributed by atoms with E-state index < -0.39 is 0 Å². The Morgan fingerprint density at radius 1 is 0.970 bits per heavy atom. The Bertz CT molecular complexity index is 1220. The minimum absolute atomic E-state index is 0.188. The third kappa shape index (κ3) is 5.92. The van der Waals surface area contributed by atoms with Gasteiger partial charge >= 0.3 is 0 Å². The molecule has 0 radical (unpaired) electrons. The molecule has 1 saturated heterocycles. The molecule has 7 nitrogen and oxygen atoms in total. The van der Waals surface area contributed by atoms with E-state index in [-0.39, 0.29) is 5.75 Å². The highest BCUT2D eigenvalue weighted by molar-refractivity contribution is 7.22. The molecule has 1 aliphatic rings. The van der Waals surface area contributed by atoms with Crippen LogP contribution in [0.15, 0.2) is 60.9 Å². The molecule has 0 atom stereocenters. The van der Waals surface area contributed by atoms with E-state index in [2.05, 4.69) is 39.2 Å². The molecule has 1 fully saturated rings. The van der Waals surface area contributed by atoms with Gasteiger partial charge in [-0.25, -0.2) is 9.97 Å². The van der Waals surface area contributed by atoms with E-state index in [0.717, 1.165) is 32.6 Å². The van der Waals surface area contributed by atoms with Gasteiger partial charge < -0.3 is 20.2 Å². The van der Waals surface area contributed by atoms with Gasteiger partial charge in [0, 0.05) is 48.4 Å². The van der Waals surface area contributed by atoms with Crippen molar-refractivity contribution in [3.05, 3.63) is 66.5 Å². The van der Waals surface area contributed by atoms with Crippen molar-refractivity contribution in [1.29, 1.82) is 0 Å². The van der Waals surface area contributed by atoms with Gasteiger partial charge in [-0.15, -0.1) is 11.3 Å². The van der Waals surface area contributed by atoms with E-state index in [4.69, 9.17) is 0 Å². The summed E-state index contributed by atoms with van der Waals surface area (Å²) in [5.41, 5.74) is 3.18. The highest BCUT2D eigenvalue weighted by Gasteiger charge is 2.11. The number of rotatable bonds is 4. The van der Waals surface area contributed by atoms with Gasteiger partial charge in [-0.3, -0.25) is 4.79 Å². The molecule has 170 valence electrons. The van der Waals surface area contributed by atoms with E-state index in [9.17, 15) is 9.90 Å². The maximum atomic E-state index is 11.0. The molecule has 33 heavy (non-hydrogen) atoms. The molecule has 3 heterocycles. The Kier molecular flexibility index (Phi) is 7.29. The van der Waals surface area contributed by atoms with Crippen LogP contribution < -0.4 is 5.32 Å². The summed E-state index contributed by atoms with van der Waals surface area (Å²) in [5, 5.41) is 12.8. The normalized spacial score (nSPS) is 14.5. The van der Waals surface area contributed by atoms with Crippen molar-refractivity contribution in [2.45, 2.75) is 0 Å². The summed E-state index contributed by atoms with van der Waals surface area (Å²) in [5.74, 6) is 0.867. The summed E-state index contributed by atoms with van der Waals surface area (Å²) < 4.78 is 0.914. The number of anilines is 2. The van der Waals surface area contributed by atoms with Gasteiger partial charge in [-0.1, -0.05) is 24.3 Å². The summed E-state index contributed by atoms with van der Waals surface area (Å²) in [6.07, 6.45) is 2.34. The minimum Gasteiger partial charge on any atom is -0.508 e. The Morgan fingerprint density at radius 3 is 2.39 bits per heavy atom.